The van der Waals surface area contributed by atoms with Crippen LogP contribution in [0.25, 0.3) is 5.69 Å². The number of halogens is 2. The van der Waals surface area contributed by atoms with Gasteiger partial charge in [0.05, 0.1) is 21.4 Å². The summed E-state index contributed by atoms with van der Waals surface area (Å²) in [6.45, 7) is 0. The van der Waals surface area contributed by atoms with E-state index in [9.17, 15) is 14.7 Å². The molecule has 0 amide bonds. The predicted molar refractivity (Wildman–Crippen MR) is 98.0 cm³/mol. The molecule has 0 spiro atoms. The van der Waals surface area contributed by atoms with E-state index in [1.54, 1.807) is 48.5 Å². The largest absolute Gasteiger partial charge is 0.493 e. The van der Waals surface area contributed by atoms with Crippen LogP contribution >= 0.6 is 23.2 Å². The van der Waals surface area contributed by atoms with Crippen molar-refractivity contribution < 1.29 is 5.11 Å². The Kier molecular flexibility index (Phi) is 4.74. The van der Waals surface area contributed by atoms with Crippen molar-refractivity contribution in [1.29, 1.82) is 0 Å². The fraction of sp³-hybridized carbons (Fsp3) is 0. The lowest BCUT2D eigenvalue weighted by Crippen LogP contribution is -2.31. The van der Waals surface area contributed by atoms with E-state index in [0.29, 0.717) is 16.4 Å². The molecule has 2 aromatic carbocycles. The van der Waals surface area contributed by atoms with Gasteiger partial charge in [-0.2, -0.15) is 0 Å². The molecule has 25 heavy (non-hydrogen) atoms. The third-order valence-electron chi connectivity index (χ3n) is 3.40. The van der Waals surface area contributed by atoms with E-state index in [0.717, 1.165) is 10.8 Å². The average molecular weight is 376 g/mol. The molecule has 126 valence electrons. The third kappa shape index (κ3) is 3.35. The van der Waals surface area contributed by atoms with Crippen molar-refractivity contribution in [2.24, 2.45) is 4.99 Å². The zero-order valence-corrected chi connectivity index (χ0v) is 14.1. The molecule has 0 unspecified atom stereocenters. The second-order valence-corrected chi connectivity index (χ2v) is 5.78. The molecule has 0 aliphatic heterocycles. The Morgan fingerprint density at radius 1 is 1.04 bits per heavy atom. The van der Waals surface area contributed by atoms with Crippen molar-refractivity contribution in [3.05, 3.63) is 85.0 Å². The predicted octanol–water partition coefficient (Wildman–Crippen LogP) is 3.29. The van der Waals surface area contributed by atoms with E-state index in [2.05, 4.69) is 9.98 Å². The number of nitrogens with one attached hydrogen (secondary N) is 1. The number of benzene rings is 2. The van der Waals surface area contributed by atoms with Crippen LogP contribution in [0.4, 0.5) is 5.69 Å². The molecule has 0 atom stereocenters. The first kappa shape index (κ1) is 17.0. The second kappa shape index (κ2) is 6.96. The van der Waals surface area contributed by atoms with E-state index in [1.807, 2.05) is 0 Å². The van der Waals surface area contributed by atoms with Gasteiger partial charge < -0.3 is 5.11 Å². The maximum atomic E-state index is 12.1. The topological polar surface area (TPSA) is 87.5 Å². The minimum atomic E-state index is -0.767. The molecule has 0 saturated carbocycles. The Labute approximate surface area is 151 Å². The van der Waals surface area contributed by atoms with Crippen LogP contribution in [-0.4, -0.2) is 20.9 Å². The molecule has 3 rings (SSSR count). The Morgan fingerprint density at radius 3 is 2.48 bits per heavy atom. The summed E-state index contributed by atoms with van der Waals surface area (Å²) in [5.74, 6) is -0.526. The summed E-state index contributed by atoms with van der Waals surface area (Å²) in [5.41, 5.74) is -0.982. The van der Waals surface area contributed by atoms with Crippen LogP contribution in [0.1, 0.15) is 5.56 Å². The van der Waals surface area contributed by atoms with E-state index in [-0.39, 0.29) is 10.6 Å². The summed E-state index contributed by atoms with van der Waals surface area (Å²) in [5, 5.41) is 10.9. The van der Waals surface area contributed by atoms with Crippen LogP contribution in [-0.2, 0) is 0 Å². The molecule has 0 saturated heterocycles. The molecule has 0 bridgehead atoms. The Hall–Kier alpha value is -2.83. The maximum absolute atomic E-state index is 12.1. The monoisotopic (exact) mass is 375 g/mol. The van der Waals surface area contributed by atoms with Crippen molar-refractivity contribution in [2.45, 2.75) is 0 Å². The van der Waals surface area contributed by atoms with E-state index >= 15 is 0 Å². The van der Waals surface area contributed by atoms with Crippen LogP contribution in [0.5, 0.6) is 5.88 Å². The summed E-state index contributed by atoms with van der Waals surface area (Å²) in [4.78, 5) is 30.3. The Bertz CT molecular complexity index is 1070. The Balaban J connectivity index is 2.14. The van der Waals surface area contributed by atoms with Gasteiger partial charge in [-0.3, -0.25) is 14.8 Å². The molecule has 6 nitrogen and oxygen atoms in total. The number of rotatable bonds is 3. The van der Waals surface area contributed by atoms with Gasteiger partial charge in [0, 0.05) is 6.21 Å². The van der Waals surface area contributed by atoms with Crippen molar-refractivity contribution in [1.82, 2.24) is 9.55 Å². The number of aromatic amines is 1. The van der Waals surface area contributed by atoms with Crippen molar-refractivity contribution in [2.75, 3.05) is 0 Å². The second-order valence-electron chi connectivity index (χ2n) is 5.00. The highest BCUT2D eigenvalue weighted by atomic mass is 35.5. The van der Waals surface area contributed by atoms with Gasteiger partial charge in [-0.1, -0.05) is 47.5 Å². The SMILES string of the molecule is O=c1[nH]c(=O)n(-c2ccccc2)c(O)c1C=Nc1cccc(Cl)c1Cl. The molecular weight excluding hydrogens is 365 g/mol. The summed E-state index contributed by atoms with van der Waals surface area (Å²) in [6, 6.07) is 13.3. The van der Waals surface area contributed by atoms with Crippen LogP contribution in [0, 0.1) is 0 Å². The van der Waals surface area contributed by atoms with E-state index < -0.39 is 17.1 Å². The molecule has 3 aromatic rings. The number of para-hydroxylation sites is 1. The quantitative estimate of drug-likeness (QED) is 0.688. The van der Waals surface area contributed by atoms with Gasteiger partial charge >= 0.3 is 5.69 Å². The Morgan fingerprint density at radius 2 is 1.76 bits per heavy atom. The summed E-state index contributed by atoms with van der Waals surface area (Å²) >= 11 is 12.0. The first-order chi connectivity index (χ1) is 12.0. The number of hydrogen-bond acceptors (Lipinski definition) is 4. The third-order valence-corrected chi connectivity index (χ3v) is 4.21. The van der Waals surface area contributed by atoms with Gasteiger partial charge in [-0.15, -0.1) is 0 Å². The maximum Gasteiger partial charge on any atom is 0.335 e. The molecule has 2 N–H and O–H groups in total. The molecule has 8 heteroatoms. The highest BCUT2D eigenvalue weighted by Crippen LogP contribution is 2.31. The fourth-order valence-electron chi connectivity index (χ4n) is 2.20. The number of aromatic hydroxyl groups is 1. The zero-order chi connectivity index (χ0) is 18.0. The molecule has 1 heterocycles. The lowest BCUT2D eigenvalue weighted by atomic mass is 10.3. The fourth-order valence-corrected chi connectivity index (χ4v) is 2.54. The molecule has 0 fully saturated rings. The van der Waals surface area contributed by atoms with Crippen LogP contribution in [0.15, 0.2) is 63.1 Å². The average Bonchev–Trinajstić information content (AvgIpc) is 2.59. The minimum absolute atomic E-state index is 0.181. The van der Waals surface area contributed by atoms with E-state index in [1.165, 1.54) is 0 Å². The van der Waals surface area contributed by atoms with Crippen LogP contribution < -0.4 is 11.2 Å². The van der Waals surface area contributed by atoms with Crippen molar-refractivity contribution >= 4 is 35.1 Å². The summed E-state index contributed by atoms with van der Waals surface area (Å²) < 4.78 is 0.975. The minimum Gasteiger partial charge on any atom is -0.493 e. The standard InChI is InChI=1S/C17H11Cl2N3O3/c18-12-7-4-8-13(14(12)19)20-9-11-15(23)21-17(25)22(16(11)24)10-5-2-1-3-6-10/h1-9,24H,(H,21,23,25). The highest BCUT2D eigenvalue weighted by molar-refractivity contribution is 6.43. The van der Waals surface area contributed by atoms with Crippen molar-refractivity contribution in [3.8, 4) is 11.6 Å². The van der Waals surface area contributed by atoms with Crippen molar-refractivity contribution in [3.63, 3.8) is 0 Å². The smallest absolute Gasteiger partial charge is 0.335 e. The molecule has 0 aliphatic carbocycles. The summed E-state index contributed by atoms with van der Waals surface area (Å²) in [6.07, 6.45) is 1.13. The van der Waals surface area contributed by atoms with Crippen LogP contribution in [0.2, 0.25) is 10.0 Å². The lowest BCUT2D eigenvalue weighted by molar-refractivity contribution is 0.430. The zero-order valence-electron chi connectivity index (χ0n) is 12.6. The first-order valence-electron chi connectivity index (χ1n) is 7.11. The molecule has 0 radical (unpaired) electrons. The number of H-pyrrole nitrogens is 1. The summed E-state index contributed by atoms with van der Waals surface area (Å²) in [7, 11) is 0. The first-order valence-corrected chi connectivity index (χ1v) is 7.86. The van der Waals surface area contributed by atoms with Gasteiger partial charge in [0.25, 0.3) is 5.56 Å². The molecular formula is C17H11Cl2N3O3. The van der Waals surface area contributed by atoms with Gasteiger partial charge in [-0.25, -0.2) is 9.36 Å². The van der Waals surface area contributed by atoms with Gasteiger partial charge in [0.2, 0.25) is 5.88 Å². The number of aromatic nitrogens is 2. The van der Waals surface area contributed by atoms with E-state index in [4.69, 9.17) is 23.2 Å². The van der Waals surface area contributed by atoms with Gasteiger partial charge in [0.1, 0.15) is 5.56 Å². The number of hydrogen-bond donors (Lipinski definition) is 2. The van der Waals surface area contributed by atoms with Gasteiger partial charge in [-0.05, 0) is 24.3 Å². The molecule has 0 aliphatic rings. The number of aliphatic imine (C=N–C) groups is 1. The lowest BCUT2D eigenvalue weighted by Gasteiger charge is -2.09. The highest BCUT2D eigenvalue weighted by Gasteiger charge is 2.14. The number of nitrogens with zero attached hydrogens (tertiary/aromatic N) is 2. The molecule has 1 aromatic heterocycles. The normalized spacial score (nSPS) is 11.1. The van der Waals surface area contributed by atoms with Crippen LogP contribution in [0.3, 0.4) is 0 Å². The van der Waals surface area contributed by atoms with Gasteiger partial charge in [0.15, 0.2) is 0 Å².